The van der Waals surface area contributed by atoms with Crippen molar-refractivity contribution in [3.8, 4) is 0 Å². The van der Waals surface area contributed by atoms with Gasteiger partial charge in [-0.15, -0.1) is 0 Å². The van der Waals surface area contributed by atoms with Gasteiger partial charge in [-0.3, -0.25) is 19.2 Å². The van der Waals surface area contributed by atoms with Crippen molar-refractivity contribution in [1.29, 1.82) is 0 Å². The molecule has 3 aromatic carbocycles. The van der Waals surface area contributed by atoms with E-state index in [9.17, 15) is 23.6 Å². The topological polar surface area (TPSA) is 68.3 Å². The Balaban J connectivity index is 1.68. The van der Waals surface area contributed by atoms with Gasteiger partial charge in [-0.25, -0.2) is 4.39 Å². The molecular weight excluding hydrogens is 383 g/mol. The Morgan fingerprint density at radius 3 is 1.20 bits per heavy atom. The molecule has 0 heterocycles. The molecular formula is C25H15FO4. The van der Waals surface area contributed by atoms with Crippen LogP contribution in [0.25, 0.3) is 0 Å². The average molecular weight is 398 g/mol. The van der Waals surface area contributed by atoms with Crippen molar-refractivity contribution in [2.45, 2.75) is 5.92 Å². The van der Waals surface area contributed by atoms with Crippen molar-refractivity contribution in [1.82, 2.24) is 0 Å². The third-order valence-corrected chi connectivity index (χ3v) is 6.02. The smallest absolute Gasteiger partial charge is 0.175 e. The van der Waals surface area contributed by atoms with Crippen molar-refractivity contribution in [3.63, 3.8) is 0 Å². The molecule has 0 N–H and O–H groups in total. The molecule has 5 rings (SSSR count). The third-order valence-electron chi connectivity index (χ3n) is 6.02. The summed E-state index contributed by atoms with van der Waals surface area (Å²) >= 11 is 0. The van der Waals surface area contributed by atoms with Crippen LogP contribution >= 0.6 is 0 Å². The lowest BCUT2D eigenvalue weighted by atomic mass is 9.72. The number of fused-ring (bicyclic) bond motifs is 2. The second kappa shape index (κ2) is 6.66. The number of hydrogen-bond donors (Lipinski definition) is 0. The van der Waals surface area contributed by atoms with Gasteiger partial charge in [-0.2, -0.15) is 0 Å². The first kappa shape index (κ1) is 18.3. The molecule has 0 radical (unpaired) electrons. The van der Waals surface area contributed by atoms with E-state index in [1.807, 2.05) is 0 Å². The van der Waals surface area contributed by atoms with Crippen LogP contribution in [0.5, 0.6) is 0 Å². The normalized spacial score (nSPS) is 16.5. The van der Waals surface area contributed by atoms with Gasteiger partial charge in [0.1, 0.15) is 5.82 Å². The lowest BCUT2D eigenvalue weighted by Gasteiger charge is -2.26. The molecule has 0 saturated carbocycles. The highest BCUT2D eigenvalue weighted by Gasteiger charge is 2.52. The molecule has 0 saturated heterocycles. The van der Waals surface area contributed by atoms with E-state index in [0.29, 0.717) is 5.56 Å². The predicted octanol–water partition coefficient (Wildman–Crippen LogP) is 4.30. The zero-order valence-corrected chi connectivity index (χ0v) is 15.7. The van der Waals surface area contributed by atoms with E-state index in [0.717, 1.165) is 0 Å². The first-order valence-corrected chi connectivity index (χ1v) is 9.59. The quantitative estimate of drug-likeness (QED) is 0.617. The largest absolute Gasteiger partial charge is 0.293 e. The summed E-state index contributed by atoms with van der Waals surface area (Å²) in [5, 5.41) is 0. The summed E-state index contributed by atoms with van der Waals surface area (Å²) in [6.45, 7) is 0. The second-order valence-corrected chi connectivity index (χ2v) is 7.58. The molecule has 0 spiro atoms. The van der Waals surface area contributed by atoms with Crippen molar-refractivity contribution in [2.24, 2.45) is 11.8 Å². The van der Waals surface area contributed by atoms with E-state index in [4.69, 9.17) is 0 Å². The fourth-order valence-electron chi connectivity index (χ4n) is 4.65. The van der Waals surface area contributed by atoms with Crippen LogP contribution in [0.1, 0.15) is 52.9 Å². The summed E-state index contributed by atoms with van der Waals surface area (Å²) < 4.78 is 13.6. The fraction of sp³-hybridized carbons (Fsp3) is 0.120. The summed E-state index contributed by atoms with van der Waals surface area (Å²) in [5.41, 5.74) is 1.56. The summed E-state index contributed by atoms with van der Waals surface area (Å²) in [7, 11) is 0. The average Bonchev–Trinajstić information content (AvgIpc) is 3.17. The number of halogens is 1. The number of ketones is 4. The SMILES string of the molecule is O=C1c2ccccc2C(=O)C1C(c1ccc(F)cc1)C1C(=O)c2ccccc2C1=O. The molecule has 3 aromatic rings. The van der Waals surface area contributed by atoms with Crippen LogP contribution in [-0.2, 0) is 0 Å². The molecule has 0 aliphatic heterocycles. The van der Waals surface area contributed by atoms with Crippen LogP contribution in [0.2, 0.25) is 0 Å². The van der Waals surface area contributed by atoms with Gasteiger partial charge in [-0.05, 0) is 17.7 Å². The van der Waals surface area contributed by atoms with Crippen LogP contribution in [0.15, 0.2) is 72.8 Å². The summed E-state index contributed by atoms with van der Waals surface area (Å²) in [4.78, 5) is 52.9. The molecule has 30 heavy (non-hydrogen) atoms. The highest BCUT2D eigenvalue weighted by atomic mass is 19.1. The van der Waals surface area contributed by atoms with Crippen molar-refractivity contribution in [3.05, 3.63) is 106 Å². The number of hydrogen-bond acceptors (Lipinski definition) is 4. The maximum atomic E-state index is 13.6. The lowest BCUT2D eigenvalue weighted by Crippen LogP contribution is -2.34. The zero-order valence-electron chi connectivity index (χ0n) is 15.7. The lowest BCUT2D eigenvalue weighted by molar-refractivity contribution is 0.0729. The molecule has 0 unspecified atom stereocenters. The molecule has 5 heteroatoms. The third kappa shape index (κ3) is 2.52. The van der Waals surface area contributed by atoms with Gasteiger partial charge in [0.15, 0.2) is 23.1 Å². The molecule has 2 aliphatic carbocycles. The fourth-order valence-corrected chi connectivity index (χ4v) is 4.65. The van der Waals surface area contributed by atoms with Gasteiger partial charge >= 0.3 is 0 Å². The molecule has 2 aliphatic rings. The number of carbonyl (C=O) groups excluding carboxylic acids is 4. The highest BCUT2D eigenvalue weighted by molar-refractivity contribution is 6.30. The van der Waals surface area contributed by atoms with Gasteiger partial charge in [0.25, 0.3) is 0 Å². The second-order valence-electron chi connectivity index (χ2n) is 7.58. The molecule has 0 amide bonds. The number of benzene rings is 3. The standard InChI is InChI=1S/C25H15FO4/c26-14-11-9-13(10-12-14)19(20-22(27)15-5-1-2-6-16(15)23(20)28)21-24(29)17-7-3-4-8-18(17)25(21)30/h1-12,19-21H. The van der Waals surface area contributed by atoms with E-state index < -0.39 is 46.7 Å². The number of Topliss-reactive ketones (excluding diaryl/α,β-unsaturated/α-hetero) is 4. The molecule has 0 fully saturated rings. The van der Waals surface area contributed by atoms with Crippen molar-refractivity contribution < 1.29 is 23.6 Å². The van der Waals surface area contributed by atoms with Crippen LogP contribution in [0.3, 0.4) is 0 Å². The molecule has 0 aromatic heterocycles. The Morgan fingerprint density at radius 1 is 0.533 bits per heavy atom. The van der Waals surface area contributed by atoms with E-state index in [1.54, 1.807) is 48.5 Å². The van der Waals surface area contributed by atoms with Gasteiger partial charge in [-0.1, -0.05) is 60.7 Å². The van der Waals surface area contributed by atoms with E-state index in [2.05, 4.69) is 0 Å². The van der Waals surface area contributed by atoms with Crippen LogP contribution < -0.4 is 0 Å². The maximum absolute atomic E-state index is 13.6. The Morgan fingerprint density at radius 2 is 0.867 bits per heavy atom. The minimum atomic E-state index is -1.21. The summed E-state index contributed by atoms with van der Waals surface area (Å²) in [5.74, 6) is -5.58. The first-order valence-electron chi connectivity index (χ1n) is 9.59. The molecule has 0 atom stereocenters. The Bertz CT molecular complexity index is 1100. The first-order chi connectivity index (χ1) is 14.5. The minimum Gasteiger partial charge on any atom is -0.293 e. The number of rotatable bonds is 3. The molecule has 0 bridgehead atoms. The van der Waals surface area contributed by atoms with Crippen LogP contribution in [0.4, 0.5) is 4.39 Å². The monoisotopic (exact) mass is 398 g/mol. The Kier molecular flexibility index (Phi) is 4.07. The van der Waals surface area contributed by atoms with E-state index in [-0.39, 0.29) is 22.3 Å². The Labute approximate surface area is 171 Å². The zero-order chi connectivity index (χ0) is 21.0. The van der Waals surface area contributed by atoms with Gasteiger partial charge in [0.05, 0.1) is 11.8 Å². The summed E-state index contributed by atoms with van der Waals surface area (Å²) in [6, 6.07) is 18.3. The van der Waals surface area contributed by atoms with Crippen molar-refractivity contribution in [2.75, 3.05) is 0 Å². The van der Waals surface area contributed by atoms with Crippen molar-refractivity contribution >= 4 is 23.1 Å². The van der Waals surface area contributed by atoms with E-state index in [1.165, 1.54) is 24.3 Å². The molecule has 146 valence electrons. The van der Waals surface area contributed by atoms with Gasteiger partial charge < -0.3 is 0 Å². The van der Waals surface area contributed by atoms with Crippen LogP contribution in [0, 0.1) is 17.7 Å². The van der Waals surface area contributed by atoms with Crippen LogP contribution in [-0.4, -0.2) is 23.1 Å². The maximum Gasteiger partial charge on any atom is 0.175 e. The minimum absolute atomic E-state index is 0.287. The van der Waals surface area contributed by atoms with Gasteiger partial charge in [0.2, 0.25) is 0 Å². The number of carbonyl (C=O) groups is 4. The Hall–Kier alpha value is -3.73. The van der Waals surface area contributed by atoms with E-state index >= 15 is 0 Å². The van der Waals surface area contributed by atoms with Gasteiger partial charge in [0, 0.05) is 28.2 Å². The molecule has 4 nitrogen and oxygen atoms in total. The predicted molar refractivity (Wildman–Crippen MR) is 106 cm³/mol. The summed E-state index contributed by atoms with van der Waals surface area (Å²) in [6.07, 6.45) is 0. The highest BCUT2D eigenvalue weighted by Crippen LogP contribution is 2.45.